The molecule has 16 heavy (non-hydrogen) atoms. The van der Waals surface area contributed by atoms with Gasteiger partial charge in [0.15, 0.2) is 0 Å². The minimum absolute atomic E-state index is 0.597. The number of hydrogen-bond acceptors (Lipinski definition) is 4. The Hall–Kier alpha value is -0.940. The highest BCUT2D eigenvalue weighted by atomic mass is 16.6. The molecule has 0 saturated carbocycles. The minimum Gasteiger partial charge on any atom is -0.305 e. The first-order valence-electron chi connectivity index (χ1n) is 5.75. The zero-order valence-electron chi connectivity index (χ0n) is 9.67. The molecule has 1 aromatic rings. The lowest BCUT2D eigenvalue weighted by atomic mass is 10.00. The number of fused-ring (bicyclic) bond motifs is 1. The lowest BCUT2D eigenvalue weighted by Crippen LogP contribution is -2.69. The van der Waals surface area contributed by atoms with Gasteiger partial charge in [-0.2, -0.15) is 0 Å². The molecule has 1 unspecified atom stereocenters. The van der Waals surface area contributed by atoms with Crippen molar-refractivity contribution in [1.29, 1.82) is 0 Å². The van der Waals surface area contributed by atoms with Crippen molar-refractivity contribution in [2.45, 2.75) is 13.0 Å². The summed E-state index contributed by atoms with van der Waals surface area (Å²) >= 11 is 0. The van der Waals surface area contributed by atoms with E-state index in [0.717, 1.165) is 0 Å². The van der Waals surface area contributed by atoms with E-state index in [1.807, 2.05) is 6.92 Å². The third kappa shape index (κ3) is 2.25. The Labute approximate surface area is 96.5 Å². The number of hydrazine groups is 1. The first-order chi connectivity index (χ1) is 7.86. The molecular formula is C12H19N3O. The van der Waals surface area contributed by atoms with E-state index in [1.165, 1.54) is 25.2 Å². The number of nitrogens with two attached hydrogens (primary N) is 1. The van der Waals surface area contributed by atoms with Crippen LogP contribution in [-0.4, -0.2) is 36.3 Å². The van der Waals surface area contributed by atoms with E-state index in [-0.39, 0.29) is 0 Å². The Balaban J connectivity index is 0.000000212. The largest absolute Gasteiger partial charge is 0.305 e. The summed E-state index contributed by atoms with van der Waals surface area (Å²) in [5.41, 5.74) is 1.47. The highest BCUT2D eigenvalue weighted by Crippen LogP contribution is 2.36. The van der Waals surface area contributed by atoms with Crippen LogP contribution in [0.4, 0.5) is 0 Å². The summed E-state index contributed by atoms with van der Waals surface area (Å²) in [5, 5.41) is 4.84. The molecule has 0 aromatic heterocycles. The molecule has 0 amide bonds. The second-order valence-corrected chi connectivity index (χ2v) is 3.96. The maximum absolute atomic E-state index is 4.53. The van der Waals surface area contributed by atoms with E-state index in [9.17, 15) is 0 Å². The van der Waals surface area contributed by atoms with Crippen molar-refractivity contribution in [3.05, 3.63) is 35.9 Å². The second-order valence-electron chi connectivity index (χ2n) is 3.96. The van der Waals surface area contributed by atoms with Gasteiger partial charge in [0.1, 0.15) is 0 Å². The smallest absolute Gasteiger partial charge is 0.0651 e. The zero-order valence-corrected chi connectivity index (χ0v) is 9.67. The normalized spacial score (nSPS) is 23.5. The molecule has 2 heterocycles. The lowest BCUT2D eigenvalue weighted by Gasteiger charge is -2.59. The third-order valence-electron chi connectivity index (χ3n) is 3.04. The summed E-state index contributed by atoms with van der Waals surface area (Å²) in [4.78, 5) is 4.04. The molecule has 4 nitrogen and oxygen atoms in total. The van der Waals surface area contributed by atoms with Gasteiger partial charge in [-0.1, -0.05) is 30.3 Å². The maximum atomic E-state index is 4.53. The summed E-state index contributed by atoms with van der Waals surface area (Å²) in [7, 11) is 0. The first-order valence-corrected chi connectivity index (χ1v) is 5.75. The topological polar surface area (TPSA) is 41.7 Å². The fourth-order valence-electron chi connectivity index (χ4n) is 2.06. The molecular weight excluding hydrogens is 202 g/mol. The van der Waals surface area contributed by atoms with Crippen LogP contribution in [0.25, 0.3) is 0 Å². The number of hydrogen-bond donors (Lipinski definition) is 1. The van der Waals surface area contributed by atoms with Crippen LogP contribution in [-0.2, 0) is 4.84 Å². The van der Waals surface area contributed by atoms with Crippen LogP contribution in [0, 0.1) is 0 Å². The van der Waals surface area contributed by atoms with E-state index < -0.39 is 0 Å². The Morgan fingerprint density at radius 2 is 2.00 bits per heavy atom. The number of nitrogens with zero attached hydrogens (tertiary/aromatic N) is 2. The van der Waals surface area contributed by atoms with Crippen LogP contribution in [0.5, 0.6) is 0 Å². The zero-order chi connectivity index (χ0) is 11.4. The van der Waals surface area contributed by atoms with Crippen LogP contribution in [0.2, 0.25) is 0 Å². The number of rotatable bonds is 2. The van der Waals surface area contributed by atoms with Crippen LogP contribution >= 0.6 is 0 Å². The van der Waals surface area contributed by atoms with Gasteiger partial charge in [0.05, 0.1) is 12.6 Å². The van der Waals surface area contributed by atoms with Gasteiger partial charge in [-0.25, -0.2) is 15.9 Å². The highest BCUT2D eigenvalue weighted by molar-refractivity contribution is 5.22. The summed E-state index contributed by atoms with van der Waals surface area (Å²) in [6, 6.07) is 11.5. The minimum atomic E-state index is 0.597. The van der Waals surface area contributed by atoms with Crippen molar-refractivity contribution in [2.24, 2.45) is 5.90 Å². The van der Waals surface area contributed by atoms with Gasteiger partial charge in [-0.3, -0.25) is 0 Å². The number of piperazine rings is 1. The Morgan fingerprint density at radius 1 is 1.31 bits per heavy atom. The molecule has 2 aliphatic heterocycles. The van der Waals surface area contributed by atoms with Gasteiger partial charge in [0, 0.05) is 19.6 Å². The molecule has 2 saturated heterocycles. The molecule has 4 heteroatoms. The van der Waals surface area contributed by atoms with Crippen molar-refractivity contribution >= 4 is 0 Å². The summed E-state index contributed by atoms with van der Waals surface area (Å²) < 4.78 is 0. The quantitative estimate of drug-likeness (QED) is 0.761. The van der Waals surface area contributed by atoms with Crippen molar-refractivity contribution in [3.8, 4) is 0 Å². The summed E-state index contributed by atoms with van der Waals surface area (Å²) in [5.74, 6) is 4.53. The van der Waals surface area contributed by atoms with Crippen molar-refractivity contribution in [2.75, 3.05) is 26.2 Å². The van der Waals surface area contributed by atoms with Crippen LogP contribution in [0.15, 0.2) is 30.3 Å². The van der Waals surface area contributed by atoms with Gasteiger partial charge in [0.2, 0.25) is 0 Å². The molecule has 1 atom stereocenters. The molecule has 0 bridgehead atoms. The molecule has 0 radical (unpaired) electrons. The molecule has 2 fully saturated rings. The van der Waals surface area contributed by atoms with E-state index in [0.29, 0.717) is 12.6 Å². The van der Waals surface area contributed by atoms with Crippen LogP contribution in [0.3, 0.4) is 0 Å². The predicted molar refractivity (Wildman–Crippen MR) is 63.3 cm³/mol. The maximum Gasteiger partial charge on any atom is 0.0651 e. The molecule has 0 spiro atoms. The Bertz CT molecular complexity index is 315. The average Bonchev–Trinajstić information content (AvgIpc) is 2.34. The number of benzene rings is 1. The fourth-order valence-corrected chi connectivity index (χ4v) is 2.06. The van der Waals surface area contributed by atoms with Crippen molar-refractivity contribution in [3.63, 3.8) is 0 Å². The summed E-state index contributed by atoms with van der Waals surface area (Å²) in [6.07, 6.45) is 0. The van der Waals surface area contributed by atoms with Gasteiger partial charge < -0.3 is 4.84 Å². The third-order valence-corrected chi connectivity index (χ3v) is 3.04. The molecule has 88 valence electrons. The van der Waals surface area contributed by atoms with E-state index in [1.54, 1.807) is 0 Å². The molecule has 0 aliphatic carbocycles. The molecule has 3 rings (SSSR count). The van der Waals surface area contributed by atoms with Crippen LogP contribution < -0.4 is 5.90 Å². The Morgan fingerprint density at radius 3 is 2.38 bits per heavy atom. The van der Waals surface area contributed by atoms with Gasteiger partial charge >= 0.3 is 0 Å². The van der Waals surface area contributed by atoms with E-state index in [4.69, 9.17) is 0 Å². The van der Waals surface area contributed by atoms with E-state index >= 15 is 0 Å². The van der Waals surface area contributed by atoms with Gasteiger partial charge in [-0.15, -0.1) is 0 Å². The second kappa shape index (κ2) is 5.41. The standard InChI is InChI=1S/C10H12N2.C2H7NO/c1-2-4-9(5-3-1)10-8-11-6-7-12(10)11;1-2-4-3/h1-5,10H,6-8H2;2-3H2,1H3. The molecule has 2 N–H and O–H groups in total. The van der Waals surface area contributed by atoms with E-state index in [2.05, 4.69) is 51.1 Å². The van der Waals surface area contributed by atoms with Crippen molar-refractivity contribution < 1.29 is 4.84 Å². The highest BCUT2D eigenvalue weighted by Gasteiger charge is 2.43. The predicted octanol–water partition coefficient (Wildman–Crippen LogP) is 1.17. The average molecular weight is 221 g/mol. The SMILES string of the molecule is CCON.c1ccc(C2CN3CCN23)cc1. The van der Waals surface area contributed by atoms with Gasteiger partial charge in [0.25, 0.3) is 0 Å². The lowest BCUT2D eigenvalue weighted by molar-refractivity contribution is -0.237. The Kier molecular flexibility index (Phi) is 3.90. The first kappa shape index (κ1) is 11.5. The molecule has 1 aromatic carbocycles. The summed E-state index contributed by atoms with van der Waals surface area (Å²) in [6.45, 7) is 6.17. The van der Waals surface area contributed by atoms with Crippen molar-refractivity contribution in [1.82, 2.24) is 10.0 Å². The molecule has 2 aliphatic rings. The van der Waals surface area contributed by atoms with Gasteiger partial charge in [-0.05, 0) is 12.5 Å². The monoisotopic (exact) mass is 221 g/mol. The van der Waals surface area contributed by atoms with Crippen LogP contribution in [0.1, 0.15) is 18.5 Å². The fraction of sp³-hybridized carbons (Fsp3) is 0.500.